The summed E-state index contributed by atoms with van der Waals surface area (Å²) in [7, 11) is 3.61. The summed E-state index contributed by atoms with van der Waals surface area (Å²) in [6, 6.07) is 0.268. The molecule has 0 saturated carbocycles. The Morgan fingerprint density at radius 2 is 2.00 bits per heavy atom. The van der Waals surface area contributed by atoms with Crippen molar-refractivity contribution in [3.05, 3.63) is 0 Å². The monoisotopic (exact) mass is 173 g/mol. The molecule has 0 aromatic rings. The van der Waals surface area contributed by atoms with Gasteiger partial charge in [0.05, 0.1) is 12.6 Å². The molecule has 0 N–H and O–H groups in total. The Morgan fingerprint density at radius 1 is 1.50 bits per heavy atom. The van der Waals surface area contributed by atoms with E-state index in [0.29, 0.717) is 6.61 Å². The SMILES string of the molecule is COCC(C)N(C)C(C)C(C)=O. The Kier molecular flexibility index (Phi) is 5.09. The third-order valence-electron chi connectivity index (χ3n) is 2.30. The van der Waals surface area contributed by atoms with E-state index in [1.165, 1.54) is 0 Å². The van der Waals surface area contributed by atoms with Gasteiger partial charge < -0.3 is 4.74 Å². The minimum atomic E-state index is -0.0184. The molecule has 0 rings (SSSR count). The van der Waals surface area contributed by atoms with Gasteiger partial charge in [-0.05, 0) is 27.8 Å². The molecule has 0 heterocycles. The molecule has 3 heteroatoms. The molecule has 0 fully saturated rings. The molecule has 3 nitrogen and oxygen atoms in total. The van der Waals surface area contributed by atoms with Crippen molar-refractivity contribution in [1.82, 2.24) is 4.90 Å². The van der Waals surface area contributed by atoms with E-state index in [-0.39, 0.29) is 17.9 Å². The topological polar surface area (TPSA) is 29.5 Å². The normalized spacial score (nSPS) is 16.2. The zero-order chi connectivity index (χ0) is 9.72. The molecule has 0 aliphatic rings. The Bertz CT molecular complexity index is 147. The molecule has 0 spiro atoms. The van der Waals surface area contributed by atoms with Crippen LogP contribution in [0, 0.1) is 0 Å². The number of rotatable bonds is 5. The van der Waals surface area contributed by atoms with Gasteiger partial charge in [-0.2, -0.15) is 0 Å². The van der Waals surface area contributed by atoms with E-state index in [9.17, 15) is 4.79 Å². The number of likely N-dealkylation sites (N-methyl/N-ethyl adjacent to an activating group) is 1. The summed E-state index contributed by atoms with van der Waals surface area (Å²) < 4.78 is 5.00. The maximum absolute atomic E-state index is 11.0. The van der Waals surface area contributed by atoms with Crippen LogP contribution in [0.1, 0.15) is 20.8 Å². The minimum absolute atomic E-state index is 0.0184. The number of methoxy groups -OCH3 is 1. The van der Waals surface area contributed by atoms with Crippen molar-refractivity contribution in [2.75, 3.05) is 20.8 Å². The Balaban J connectivity index is 3.99. The van der Waals surface area contributed by atoms with Crippen molar-refractivity contribution in [3.8, 4) is 0 Å². The van der Waals surface area contributed by atoms with Gasteiger partial charge in [0.15, 0.2) is 0 Å². The Labute approximate surface area is 74.7 Å². The zero-order valence-corrected chi connectivity index (χ0v) is 8.63. The molecule has 0 saturated heterocycles. The highest BCUT2D eigenvalue weighted by molar-refractivity contribution is 5.80. The van der Waals surface area contributed by atoms with E-state index in [1.807, 2.05) is 25.8 Å². The Hall–Kier alpha value is -0.410. The smallest absolute Gasteiger partial charge is 0.146 e. The molecule has 2 unspecified atom stereocenters. The molecule has 0 radical (unpaired) electrons. The maximum Gasteiger partial charge on any atom is 0.146 e. The van der Waals surface area contributed by atoms with Gasteiger partial charge in [-0.25, -0.2) is 0 Å². The predicted molar refractivity (Wildman–Crippen MR) is 49.2 cm³/mol. The lowest BCUT2D eigenvalue weighted by Gasteiger charge is -2.28. The highest BCUT2D eigenvalue weighted by Crippen LogP contribution is 2.03. The average molecular weight is 173 g/mol. The molecule has 0 aromatic heterocycles. The highest BCUT2D eigenvalue weighted by atomic mass is 16.5. The van der Waals surface area contributed by atoms with Crippen LogP contribution in [0.2, 0.25) is 0 Å². The van der Waals surface area contributed by atoms with Crippen molar-refractivity contribution in [3.63, 3.8) is 0 Å². The average Bonchev–Trinajstić information content (AvgIpc) is 2.02. The zero-order valence-electron chi connectivity index (χ0n) is 8.63. The van der Waals surface area contributed by atoms with Gasteiger partial charge >= 0.3 is 0 Å². The summed E-state index contributed by atoms with van der Waals surface area (Å²) in [5, 5.41) is 0. The maximum atomic E-state index is 11.0. The highest BCUT2D eigenvalue weighted by Gasteiger charge is 2.18. The van der Waals surface area contributed by atoms with E-state index in [1.54, 1.807) is 14.0 Å². The number of hydrogen-bond acceptors (Lipinski definition) is 3. The van der Waals surface area contributed by atoms with E-state index in [4.69, 9.17) is 4.74 Å². The Morgan fingerprint density at radius 3 is 2.33 bits per heavy atom. The molecule has 2 atom stereocenters. The lowest BCUT2D eigenvalue weighted by atomic mass is 10.2. The quantitative estimate of drug-likeness (QED) is 0.619. The summed E-state index contributed by atoms with van der Waals surface area (Å²) >= 11 is 0. The fourth-order valence-corrected chi connectivity index (χ4v) is 1.03. The molecule has 0 aliphatic carbocycles. The third kappa shape index (κ3) is 3.32. The number of carbonyl (C=O) groups excluding carboxylic acids is 1. The number of nitrogens with zero attached hydrogens (tertiary/aromatic N) is 1. The lowest BCUT2D eigenvalue weighted by Crippen LogP contribution is -2.42. The first-order chi connectivity index (χ1) is 5.50. The van der Waals surface area contributed by atoms with Gasteiger partial charge in [0.25, 0.3) is 0 Å². The van der Waals surface area contributed by atoms with Gasteiger partial charge in [-0.3, -0.25) is 9.69 Å². The van der Waals surface area contributed by atoms with Crippen LogP contribution in [0.5, 0.6) is 0 Å². The molecule has 0 aliphatic heterocycles. The van der Waals surface area contributed by atoms with Crippen molar-refractivity contribution in [1.29, 1.82) is 0 Å². The van der Waals surface area contributed by atoms with Crippen molar-refractivity contribution in [2.45, 2.75) is 32.9 Å². The fraction of sp³-hybridized carbons (Fsp3) is 0.889. The van der Waals surface area contributed by atoms with Crippen molar-refractivity contribution in [2.24, 2.45) is 0 Å². The molecule has 0 amide bonds. The van der Waals surface area contributed by atoms with Crippen LogP contribution in [-0.4, -0.2) is 43.5 Å². The van der Waals surface area contributed by atoms with Crippen LogP contribution in [0.25, 0.3) is 0 Å². The summed E-state index contributed by atoms with van der Waals surface area (Å²) in [5.41, 5.74) is 0. The molecule has 0 aromatic carbocycles. The van der Waals surface area contributed by atoms with Crippen LogP contribution < -0.4 is 0 Å². The van der Waals surface area contributed by atoms with Crippen LogP contribution in [0.3, 0.4) is 0 Å². The van der Waals surface area contributed by atoms with Crippen LogP contribution in [-0.2, 0) is 9.53 Å². The van der Waals surface area contributed by atoms with Crippen LogP contribution >= 0.6 is 0 Å². The predicted octanol–water partition coefficient (Wildman–Crippen LogP) is 0.931. The first kappa shape index (κ1) is 11.6. The van der Waals surface area contributed by atoms with Gasteiger partial charge in [0.1, 0.15) is 5.78 Å². The number of ether oxygens (including phenoxy) is 1. The van der Waals surface area contributed by atoms with Gasteiger partial charge in [-0.15, -0.1) is 0 Å². The van der Waals surface area contributed by atoms with Crippen molar-refractivity contribution < 1.29 is 9.53 Å². The van der Waals surface area contributed by atoms with E-state index < -0.39 is 0 Å². The summed E-state index contributed by atoms with van der Waals surface area (Å²) in [6.07, 6.45) is 0. The van der Waals surface area contributed by atoms with Gasteiger partial charge in [0.2, 0.25) is 0 Å². The van der Waals surface area contributed by atoms with E-state index in [2.05, 4.69) is 0 Å². The summed E-state index contributed by atoms with van der Waals surface area (Å²) in [6.45, 7) is 6.23. The number of ketones is 1. The van der Waals surface area contributed by atoms with Crippen molar-refractivity contribution >= 4 is 5.78 Å². The fourth-order valence-electron chi connectivity index (χ4n) is 1.03. The molecular formula is C9H19NO2. The second-order valence-electron chi connectivity index (χ2n) is 3.26. The first-order valence-corrected chi connectivity index (χ1v) is 4.22. The number of Topliss-reactive ketones (excluding diaryl/α,β-unsaturated/α-hetero) is 1. The van der Waals surface area contributed by atoms with Crippen LogP contribution in [0.4, 0.5) is 0 Å². The van der Waals surface area contributed by atoms with Crippen LogP contribution in [0.15, 0.2) is 0 Å². The van der Waals surface area contributed by atoms with Gasteiger partial charge in [0, 0.05) is 13.2 Å². The number of carbonyl (C=O) groups is 1. The molecule has 0 bridgehead atoms. The third-order valence-corrected chi connectivity index (χ3v) is 2.30. The lowest BCUT2D eigenvalue weighted by molar-refractivity contribution is -0.122. The largest absolute Gasteiger partial charge is 0.383 e. The molecule has 72 valence electrons. The number of hydrogen-bond donors (Lipinski definition) is 0. The van der Waals surface area contributed by atoms with E-state index in [0.717, 1.165) is 0 Å². The second kappa shape index (κ2) is 5.27. The minimum Gasteiger partial charge on any atom is -0.383 e. The van der Waals surface area contributed by atoms with E-state index >= 15 is 0 Å². The standard InChI is InChI=1S/C9H19NO2/c1-7(6-12-5)10(4)8(2)9(3)11/h7-8H,6H2,1-5H3. The summed E-state index contributed by atoms with van der Waals surface area (Å²) in [5.74, 6) is 0.195. The molecular weight excluding hydrogens is 154 g/mol. The van der Waals surface area contributed by atoms with Gasteiger partial charge in [-0.1, -0.05) is 0 Å². The second-order valence-corrected chi connectivity index (χ2v) is 3.26. The molecule has 12 heavy (non-hydrogen) atoms. The first-order valence-electron chi connectivity index (χ1n) is 4.22. The summed E-state index contributed by atoms with van der Waals surface area (Å²) in [4.78, 5) is 13.0.